The Balaban J connectivity index is 3.67. The molecular weight excluding hydrogens is 170 g/mol. The minimum absolute atomic E-state index is 0.235. The molecule has 0 heterocycles. The Bertz CT molecular complexity index is 139. The van der Waals surface area contributed by atoms with Crippen molar-refractivity contribution in [2.45, 2.75) is 20.3 Å². The molecule has 78 valence electrons. The average molecular weight is 189 g/mol. The van der Waals surface area contributed by atoms with Gasteiger partial charge in [0.1, 0.15) is 0 Å². The summed E-state index contributed by atoms with van der Waals surface area (Å²) in [7, 11) is 1.65. The van der Waals surface area contributed by atoms with Crippen LogP contribution in [0.2, 0.25) is 0 Å². The lowest BCUT2D eigenvalue weighted by Gasteiger charge is -2.19. The summed E-state index contributed by atoms with van der Waals surface area (Å²) in [6, 6.07) is 0. The molecule has 0 aliphatic carbocycles. The maximum absolute atomic E-state index is 11.2. The standard InChI is InChI=1S/C9H19NO3/c1-4-10(7-6-8-12-3)9(11)13-5-2/h4-8H2,1-3H3. The van der Waals surface area contributed by atoms with Crippen LogP contribution in [0.5, 0.6) is 0 Å². The second kappa shape index (κ2) is 7.86. The Labute approximate surface area is 79.8 Å². The van der Waals surface area contributed by atoms with Crippen LogP contribution in [0.15, 0.2) is 0 Å². The first kappa shape index (κ1) is 12.2. The number of carbonyl (C=O) groups excluding carboxylic acids is 1. The van der Waals surface area contributed by atoms with Crippen molar-refractivity contribution in [1.82, 2.24) is 4.90 Å². The second-order valence-corrected chi connectivity index (χ2v) is 2.62. The maximum Gasteiger partial charge on any atom is 0.409 e. The van der Waals surface area contributed by atoms with Gasteiger partial charge in [0.2, 0.25) is 0 Å². The molecule has 0 aromatic rings. The van der Waals surface area contributed by atoms with Crippen LogP contribution in [-0.4, -0.2) is 44.4 Å². The highest BCUT2D eigenvalue weighted by molar-refractivity contribution is 5.67. The molecule has 0 aromatic heterocycles. The number of methoxy groups -OCH3 is 1. The van der Waals surface area contributed by atoms with Gasteiger partial charge in [-0.15, -0.1) is 0 Å². The quantitative estimate of drug-likeness (QED) is 0.594. The van der Waals surface area contributed by atoms with Crippen LogP contribution < -0.4 is 0 Å². The third kappa shape index (κ3) is 5.47. The molecule has 4 nitrogen and oxygen atoms in total. The van der Waals surface area contributed by atoms with E-state index in [1.165, 1.54) is 0 Å². The van der Waals surface area contributed by atoms with Crippen LogP contribution >= 0.6 is 0 Å². The summed E-state index contributed by atoms with van der Waals surface area (Å²) in [5.74, 6) is 0. The number of hydrogen-bond acceptors (Lipinski definition) is 3. The van der Waals surface area contributed by atoms with E-state index in [0.717, 1.165) is 6.42 Å². The SMILES string of the molecule is CCOC(=O)N(CC)CCCOC. The number of rotatable bonds is 6. The van der Waals surface area contributed by atoms with Crippen molar-refractivity contribution in [3.63, 3.8) is 0 Å². The first-order valence-corrected chi connectivity index (χ1v) is 4.66. The first-order valence-electron chi connectivity index (χ1n) is 4.66. The first-order chi connectivity index (χ1) is 6.26. The lowest BCUT2D eigenvalue weighted by molar-refractivity contribution is 0.103. The monoisotopic (exact) mass is 189 g/mol. The Kier molecular flexibility index (Phi) is 7.39. The predicted octanol–water partition coefficient (Wildman–Crippen LogP) is 1.50. The molecule has 13 heavy (non-hydrogen) atoms. The summed E-state index contributed by atoms with van der Waals surface area (Å²) in [6.07, 6.45) is 0.615. The molecule has 0 fully saturated rings. The Hall–Kier alpha value is -0.770. The molecule has 0 saturated heterocycles. The van der Waals surface area contributed by atoms with Crippen LogP contribution in [0.1, 0.15) is 20.3 Å². The Morgan fingerprint density at radius 2 is 2.08 bits per heavy atom. The molecule has 0 spiro atoms. The third-order valence-electron chi connectivity index (χ3n) is 1.68. The van der Waals surface area contributed by atoms with E-state index in [4.69, 9.17) is 9.47 Å². The summed E-state index contributed by atoms with van der Waals surface area (Å²) in [4.78, 5) is 12.9. The Morgan fingerprint density at radius 3 is 2.54 bits per heavy atom. The minimum Gasteiger partial charge on any atom is -0.450 e. The number of nitrogens with zero attached hydrogens (tertiary/aromatic N) is 1. The van der Waals surface area contributed by atoms with Gasteiger partial charge in [-0.2, -0.15) is 0 Å². The summed E-state index contributed by atoms with van der Waals surface area (Å²) >= 11 is 0. The molecule has 0 unspecified atom stereocenters. The van der Waals surface area contributed by atoms with E-state index in [9.17, 15) is 4.79 Å². The van der Waals surface area contributed by atoms with Crippen LogP contribution in [-0.2, 0) is 9.47 Å². The fourth-order valence-electron chi connectivity index (χ4n) is 0.993. The number of amides is 1. The predicted molar refractivity (Wildman–Crippen MR) is 50.8 cm³/mol. The van der Waals surface area contributed by atoms with Crippen molar-refractivity contribution in [2.75, 3.05) is 33.4 Å². The van der Waals surface area contributed by atoms with Crippen molar-refractivity contribution < 1.29 is 14.3 Å². The molecular formula is C9H19NO3. The molecule has 1 amide bonds. The topological polar surface area (TPSA) is 38.8 Å². The fraction of sp³-hybridized carbons (Fsp3) is 0.889. The second-order valence-electron chi connectivity index (χ2n) is 2.62. The molecule has 4 heteroatoms. The largest absolute Gasteiger partial charge is 0.450 e. The molecule has 0 bridgehead atoms. The third-order valence-corrected chi connectivity index (χ3v) is 1.68. The van der Waals surface area contributed by atoms with Gasteiger partial charge in [-0.3, -0.25) is 0 Å². The van der Waals surface area contributed by atoms with E-state index in [2.05, 4.69) is 0 Å². The zero-order valence-electron chi connectivity index (χ0n) is 8.71. The van der Waals surface area contributed by atoms with Crippen molar-refractivity contribution in [3.8, 4) is 0 Å². The van der Waals surface area contributed by atoms with Gasteiger partial charge >= 0.3 is 6.09 Å². The number of ether oxygens (including phenoxy) is 2. The molecule has 0 radical (unpaired) electrons. The van der Waals surface area contributed by atoms with Crippen molar-refractivity contribution in [2.24, 2.45) is 0 Å². The zero-order valence-corrected chi connectivity index (χ0v) is 8.71. The van der Waals surface area contributed by atoms with E-state index in [1.807, 2.05) is 6.92 Å². The van der Waals surface area contributed by atoms with Gasteiger partial charge in [-0.25, -0.2) is 4.79 Å². The van der Waals surface area contributed by atoms with Gasteiger partial charge in [-0.1, -0.05) is 0 Å². The summed E-state index contributed by atoms with van der Waals surface area (Å²) in [6.45, 7) is 6.23. The summed E-state index contributed by atoms with van der Waals surface area (Å²) in [5.41, 5.74) is 0. The van der Waals surface area contributed by atoms with Crippen molar-refractivity contribution in [1.29, 1.82) is 0 Å². The number of carbonyl (C=O) groups is 1. The van der Waals surface area contributed by atoms with E-state index < -0.39 is 0 Å². The van der Waals surface area contributed by atoms with Crippen molar-refractivity contribution >= 4 is 6.09 Å². The Morgan fingerprint density at radius 1 is 1.38 bits per heavy atom. The highest BCUT2D eigenvalue weighted by Gasteiger charge is 2.10. The molecule has 0 aromatic carbocycles. The van der Waals surface area contributed by atoms with Gasteiger partial charge in [0.15, 0.2) is 0 Å². The highest BCUT2D eigenvalue weighted by atomic mass is 16.6. The fourth-order valence-corrected chi connectivity index (χ4v) is 0.993. The van der Waals surface area contributed by atoms with Gasteiger partial charge in [-0.05, 0) is 20.3 Å². The lowest BCUT2D eigenvalue weighted by atomic mass is 10.4. The molecule has 0 rings (SSSR count). The van der Waals surface area contributed by atoms with Crippen molar-refractivity contribution in [3.05, 3.63) is 0 Å². The normalized spacial score (nSPS) is 9.77. The molecule has 0 saturated carbocycles. The van der Waals surface area contributed by atoms with E-state index in [-0.39, 0.29) is 6.09 Å². The van der Waals surface area contributed by atoms with Gasteiger partial charge in [0.05, 0.1) is 6.61 Å². The highest BCUT2D eigenvalue weighted by Crippen LogP contribution is 1.96. The van der Waals surface area contributed by atoms with Crippen LogP contribution in [0, 0.1) is 0 Å². The van der Waals surface area contributed by atoms with Crippen LogP contribution in [0.25, 0.3) is 0 Å². The molecule has 0 aliphatic heterocycles. The van der Waals surface area contributed by atoms with Crippen LogP contribution in [0.4, 0.5) is 4.79 Å². The van der Waals surface area contributed by atoms with E-state index in [1.54, 1.807) is 18.9 Å². The number of hydrogen-bond donors (Lipinski definition) is 0. The van der Waals surface area contributed by atoms with Gasteiger partial charge in [0, 0.05) is 26.8 Å². The summed E-state index contributed by atoms with van der Waals surface area (Å²) in [5, 5.41) is 0. The average Bonchev–Trinajstić information content (AvgIpc) is 2.13. The summed E-state index contributed by atoms with van der Waals surface area (Å²) < 4.78 is 9.77. The van der Waals surface area contributed by atoms with E-state index >= 15 is 0 Å². The maximum atomic E-state index is 11.2. The van der Waals surface area contributed by atoms with Crippen LogP contribution in [0.3, 0.4) is 0 Å². The van der Waals surface area contributed by atoms with E-state index in [0.29, 0.717) is 26.3 Å². The minimum atomic E-state index is -0.235. The van der Waals surface area contributed by atoms with Gasteiger partial charge in [0.25, 0.3) is 0 Å². The zero-order chi connectivity index (χ0) is 10.1. The van der Waals surface area contributed by atoms with Gasteiger partial charge < -0.3 is 14.4 Å². The molecule has 0 aliphatic rings. The lowest BCUT2D eigenvalue weighted by Crippen LogP contribution is -2.32. The molecule has 0 N–H and O–H groups in total. The smallest absolute Gasteiger partial charge is 0.409 e. The molecule has 0 atom stereocenters.